The molecule has 0 aliphatic carbocycles. The second-order valence-electron chi connectivity index (χ2n) is 10.0. The number of rotatable bonds is 13. The molecule has 11 nitrogen and oxygen atoms in total. The van der Waals surface area contributed by atoms with Crippen LogP contribution in [0, 0.1) is 0 Å². The fraction of sp³-hybridized carbons (Fsp3) is 0.448. The number of piperidine rings is 1. The first-order chi connectivity index (χ1) is 19.3. The van der Waals surface area contributed by atoms with Crippen molar-refractivity contribution in [2.75, 3.05) is 26.7 Å². The minimum Gasteiger partial charge on any atom is -0.490 e. The van der Waals surface area contributed by atoms with E-state index >= 15 is 0 Å². The van der Waals surface area contributed by atoms with Crippen molar-refractivity contribution in [1.29, 1.82) is 0 Å². The first-order valence-electron chi connectivity index (χ1n) is 13.6. The largest absolute Gasteiger partial charge is 0.490 e. The summed E-state index contributed by atoms with van der Waals surface area (Å²) >= 11 is 0. The molecule has 2 N–H and O–H groups in total. The lowest BCUT2D eigenvalue weighted by atomic mass is 10.1. The number of nitrogens with one attached hydrogen (secondary N) is 1. The zero-order valence-corrected chi connectivity index (χ0v) is 22.5. The Kier molecular flexibility index (Phi) is 9.60. The van der Waals surface area contributed by atoms with E-state index in [9.17, 15) is 24.0 Å². The summed E-state index contributed by atoms with van der Waals surface area (Å²) < 4.78 is 6.17. The van der Waals surface area contributed by atoms with E-state index in [2.05, 4.69) is 15.2 Å². The van der Waals surface area contributed by atoms with Crippen LogP contribution < -0.4 is 10.1 Å². The summed E-state index contributed by atoms with van der Waals surface area (Å²) in [4.78, 5) is 67.8. The number of aryl methyl sites for hydroxylation is 1. The van der Waals surface area contributed by atoms with E-state index in [0.29, 0.717) is 12.0 Å². The van der Waals surface area contributed by atoms with Gasteiger partial charge in [-0.2, -0.15) is 0 Å². The number of unbranched alkanes of at least 4 members (excludes halogenated alkanes) is 1. The summed E-state index contributed by atoms with van der Waals surface area (Å²) in [5, 5.41) is 11.4. The SMILES string of the molecule is CNC(=O)C(CCC=O)N1C(=O)c2ccc(OC3CCN(CCCCc4ccc(C(=O)O)cn4)CC3)cc2C1=O. The third-order valence-electron chi connectivity index (χ3n) is 7.37. The number of benzene rings is 1. The summed E-state index contributed by atoms with van der Waals surface area (Å²) in [5.74, 6) is -2.08. The number of imide groups is 1. The van der Waals surface area contributed by atoms with Gasteiger partial charge in [-0.3, -0.25) is 24.3 Å². The second-order valence-corrected chi connectivity index (χ2v) is 10.0. The second kappa shape index (κ2) is 13.3. The van der Waals surface area contributed by atoms with Gasteiger partial charge in [0.15, 0.2) is 0 Å². The summed E-state index contributed by atoms with van der Waals surface area (Å²) in [6, 6.07) is 7.10. The molecule has 1 unspecified atom stereocenters. The van der Waals surface area contributed by atoms with Gasteiger partial charge in [-0.25, -0.2) is 4.79 Å². The van der Waals surface area contributed by atoms with Crippen molar-refractivity contribution in [3.63, 3.8) is 0 Å². The van der Waals surface area contributed by atoms with Crippen LogP contribution in [0.15, 0.2) is 36.5 Å². The Morgan fingerprint density at radius 1 is 1.12 bits per heavy atom. The van der Waals surface area contributed by atoms with Gasteiger partial charge in [0.1, 0.15) is 24.2 Å². The normalized spacial score (nSPS) is 16.5. The van der Waals surface area contributed by atoms with Crippen LogP contribution in [0.3, 0.4) is 0 Å². The third kappa shape index (κ3) is 6.71. The van der Waals surface area contributed by atoms with Crippen molar-refractivity contribution in [2.24, 2.45) is 0 Å². The maximum atomic E-state index is 13.1. The number of amides is 3. The Morgan fingerprint density at radius 3 is 2.52 bits per heavy atom. The molecule has 0 bridgehead atoms. The molecule has 2 aromatic rings. The zero-order chi connectivity index (χ0) is 28.6. The number of aromatic carboxylic acids is 1. The first-order valence-corrected chi connectivity index (χ1v) is 13.6. The molecule has 1 saturated heterocycles. The van der Waals surface area contributed by atoms with Crippen molar-refractivity contribution >= 4 is 30.0 Å². The number of carboxylic acids is 1. The zero-order valence-electron chi connectivity index (χ0n) is 22.5. The number of ether oxygens (including phenoxy) is 1. The van der Waals surface area contributed by atoms with Crippen LogP contribution in [-0.2, 0) is 16.0 Å². The van der Waals surface area contributed by atoms with Gasteiger partial charge in [0.25, 0.3) is 11.8 Å². The highest BCUT2D eigenvalue weighted by Crippen LogP contribution is 2.30. The summed E-state index contributed by atoms with van der Waals surface area (Å²) in [5.41, 5.74) is 1.50. The lowest BCUT2D eigenvalue weighted by molar-refractivity contribution is -0.124. The molecule has 2 aliphatic rings. The number of carboxylic acid groups (broad SMARTS) is 1. The molecule has 3 amide bonds. The van der Waals surface area contributed by atoms with Crippen LogP contribution in [0.4, 0.5) is 0 Å². The summed E-state index contributed by atoms with van der Waals surface area (Å²) in [6.07, 6.45) is 6.60. The molecule has 0 spiro atoms. The fourth-order valence-electron chi connectivity index (χ4n) is 5.15. The fourth-order valence-corrected chi connectivity index (χ4v) is 5.15. The standard InChI is InChI=1S/C29H34N4O7/c1-30-26(35)25(6-4-16-34)33-27(36)23-10-9-22(17-24(23)28(33)37)40-21-11-14-32(15-12-21)13-3-2-5-20-8-7-19(18-31-20)29(38)39/h7-10,16-18,21,25H,2-6,11-15H2,1H3,(H,30,35)(H,38,39). The van der Waals surface area contributed by atoms with Gasteiger partial charge in [-0.1, -0.05) is 0 Å². The molecular weight excluding hydrogens is 516 g/mol. The van der Waals surface area contributed by atoms with Gasteiger partial charge in [-0.05, 0) is 75.4 Å². The average Bonchev–Trinajstić information content (AvgIpc) is 3.21. The third-order valence-corrected chi connectivity index (χ3v) is 7.37. The molecule has 0 saturated carbocycles. The van der Waals surface area contributed by atoms with E-state index < -0.39 is 29.7 Å². The number of carbonyl (C=O) groups excluding carboxylic acids is 4. The average molecular weight is 551 g/mol. The number of hydrogen-bond acceptors (Lipinski definition) is 8. The van der Waals surface area contributed by atoms with Gasteiger partial charge in [0, 0.05) is 38.4 Å². The number of carbonyl (C=O) groups is 5. The monoisotopic (exact) mass is 550 g/mol. The predicted octanol–water partition coefficient (Wildman–Crippen LogP) is 2.34. The van der Waals surface area contributed by atoms with Crippen LogP contribution in [0.25, 0.3) is 0 Å². The Bertz CT molecular complexity index is 1260. The molecule has 2 aliphatic heterocycles. The van der Waals surface area contributed by atoms with Gasteiger partial charge in [0.05, 0.1) is 16.7 Å². The lowest BCUT2D eigenvalue weighted by Gasteiger charge is -2.32. The molecule has 1 aromatic heterocycles. The Morgan fingerprint density at radius 2 is 1.88 bits per heavy atom. The van der Waals surface area contributed by atoms with E-state index in [1.165, 1.54) is 13.2 Å². The van der Waals surface area contributed by atoms with Gasteiger partial charge < -0.3 is 24.9 Å². The van der Waals surface area contributed by atoms with Gasteiger partial charge in [-0.15, -0.1) is 0 Å². The van der Waals surface area contributed by atoms with Crippen LogP contribution in [0.1, 0.15) is 75.3 Å². The summed E-state index contributed by atoms with van der Waals surface area (Å²) in [7, 11) is 1.42. The first kappa shape index (κ1) is 28.9. The van der Waals surface area contributed by atoms with Crippen molar-refractivity contribution in [2.45, 2.75) is 57.1 Å². The predicted molar refractivity (Wildman–Crippen MR) is 144 cm³/mol. The highest BCUT2D eigenvalue weighted by Gasteiger charge is 2.42. The van der Waals surface area contributed by atoms with E-state index in [1.807, 2.05) is 0 Å². The van der Waals surface area contributed by atoms with Crippen LogP contribution in [-0.4, -0.2) is 88.7 Å². The molecule has 212 valence electrons. The molecule has 1 atom stereocenters. The number of aromatic nitrogens is 1. The number of aldehydes is 1. The molecular formula is C29H34N4O7. The Labute approximate surface area is 232 Å². The van der Waals surface area contributed by atoms with Crippen LogP contribution >= 0.6 is 0 Å². The summed E-state index contributed by atoms with van der Waals surface area (Å²) in [6.45, 7) is 2.73. The number of pyridine rings is 1. The number of nitrogens with zero attached hydrogens (tertiary/aromatic N) is 3. The lowest BCUT2D eigenvalue weighted by Crippen LogP contribution is -2.48. The van der Waals surface area contributed by atoms with Crippen molar-refractivity contribution in [3.8, 4) is 5.75 Å². The molecule has 4 rings (SSSR count). The smallest absolute Gasteiger partial charge is 0.337 e. The van der Waals surface area contributed by atoms with Gasteiger partial charge in [0.2, 0.25) is 5.91 Å². The van der Waals surface area contributed by atoms with Crippen LogP contribution in [0.2, 0.25) is 0 Å². The minimum atomic E-state index is -1.05. The van der Waals surface area contributed by atoms with Crippen molar-refractivity contribution in [1.82, 2.24) is 20.1 Å². The number of fused-ring (bicyclic) bond motifs is 1. The minimum absolute atomic E-state index is 0.0132. The Hall–Kier alpha value is -4.12. The van der Waals surface area contributed by atoms with Crippen LogP contribution in [0.5, 0.6) is 5.75 Å². The van der Waals surface area contributed by atoms with Crippen molar-refractivity contribution in [3.05, 3.63) is 58.9 Å². The number of likely N-dealkylation sites (tertiary alicyclic amines) is 1. The quantitative estimate of drug-likeness (QED) is 0.218. The Balaban J connectivity index is 1.25. The number of hydrogen-bond donors (Lipinski definition) is 2. The topological polar surface area (TPSA) is 146 Å². The maximum Gasteiger partial charge on any atom is 0.337 e. The molecule has 3 heterocycles. The van der Waals surface area contributed by atoms with Gasteiger partial charge >= 0.3 is 5.97 Å². The van der Waals surface area contributed by atoms with E-state index in [1.54, 1.807) is 30.3 Å². The maximum absolute atomic E-state index is 13.1. The molecule has 1 fully saturated rings. The molecule has 0 radical (unpaired) electrons. The van der Waals surface area contributed by atoms with Crippen molar-refractivity contribution < 1.29 is 33.8 Å². The number of likely N-dealkylation sites (N-methyl/N-ethyl adjacent to an activating group) is 1. The highest BCUT2D eigenvalue weighted by molar-refractivity contribution is 6.23. The molecule has 40 heavy (non-hydrogen) atoms. The van der Waals surface area contributed by atoms with E-state index in [-0.39, 0.29) is 35.6 Å². The van der Waals surface area contributed by atoms with E-state index in [0.717, 1.165) is 62.3 Å². The highest BCUT2D eigenvalue weighted by atomic mass is 16.5. The molecule has 11 heteroatoms. The molecule has 1 aromatic carbocycles. The van der Waals surface area contributed by atoms with E-state index in [4.69, 9.17) is 9.84 Å².